The van der Waals surface area contributed by atoms with Crippen molar-refractivity contribution in [2.45, 2.75) is 20.4 Å². The summed E-state index contributed by atoms with van der Waals surface area (Å²) in [5, 5.41) is 25.0. The van der Waals surface area contributed by atoms with E-state index in [0.717, 1.165) is 11.1 Å². The Morgan fingerprint density at radius 1 is 1.27 bits per heavy atom. The number of allylic oxidation sites excluding steroid dienone is 1. The van der Waals surface area contributed by atoms with Crippen LogP contribution in [-0.2, 0) is 6.54 Å². The maximum Gasteiger partial charge on any atom is 0.312 e. The molecule has 154 valence electrons. The minimum absolute atomic E-state index is 0.00160. The number of ketones is 1. The second-order valence-electron chi connectivity index (χ2n) is 6.75. The Labute approximate surface area is 173 Å². The Bertz CT molecular complexity index is 1150. The summed E-state index contributed by atoms with van der Waals surface area (Å²) in [5.41, 5.74) is 2.72. The summed E-state index contributed by atoms with van der Waals surface area (Å²) in [4.78, 5) is 23.1. The van der Waals surface area contributed by atoms with Gasteiger partial charge in [0.1, 0.15) is 22.9 Å². The van der Waals surface area contributed by atoms with Crippen molar-refractivity contribution in [3.63, 3.8) is 0 Å². The number of nitrogens with zero attached hydrogens (tertiary/aromatic N) is 3. The van der Waals surface area contributed by atoms with Crippen LogP contribution in [0.5, 0.6) is 11.5 Å². The van der Waals surface area contributed by atoms with E-state index in [2.05, 4.69) is 5.10 Å². The van der Waals surface area contributed by atoms with E-state index in [-0.39, 0.29) is 23.8 Å². The van der Waals surface area contributed by atoms with Crippen LogP contribution in [0, 0.1) is 24.0 Å². The molecule has 0 unspecified atom stereocenters. The molecule has 2 aromatic carbocycles. The van der Waals surface area contributed by atoms with E-state index < -0.39 is 4.92 Å². The fraction of sp³-hybridized carbons (Fsp3) is 0.182. The van der Waals surface area contributed by atoms with Crippen LogP contribution in [0.25, 0.3) is 6.08 Å². The molecule has 8 heteroatoms. The average Bonchev–Trinajstić information content (AvgIpc) is 2.99. The zero-order chi connectivity index (χ0) is 21.8. The number of carbonyl (C=O) groups excluding carboxylic acids is 1. The van der Waals surface area contributed by atoms with E-state index in [1.165, 1.54) is 18.2 Å². The van der Waals surface area contributed by atoms with E-state index in [1.54, 1.807) is 56.0 Å². The minimum atomic E-state index is -0.433. The number of phenols is 1. The van der Waals surface area contributed by atoms with Gasteiger partial charge in [-0.15, -0.1) is 0 Å². The molecule has 0 spiro atoms. The summed E-state index contributed by atoms with van der Waals surface area (Å²) in [6.45, 7) is 3.54. The van der Waals surface area contributed by atoms with Crippen LogP contribution in [0.2, 0.25) is 0 Å². The van der Waals surface area contributed by atoms with Gasteiger partial charge in [-0.05, 0) is 49.8 Å². The summed E-state index contributed by atoms with van der Waals surface area (Å²) in [7, 11) is 1.55. The molecule has 0 fully saturated rings. The van der Waals surface area contributed by atoms with Crippen molar-refractivity contribution < 1.29 is 19.6 Å². The lowest BCUT2D eigenvalue weighted by Gasteiger charge is -2.10. The number of carbonyl (C=O) groups is 1. The fourth-order valence-electron chi connectivity index (χ4n) is 3.22. The second-order valence-corrected chi connectivity index (χ2v) is 6.75. The summed E-state index contributed by atoms with van der Waals surface area (Å²) in [5.74, 6) is 0.402. The largest absolute Gasteiger partial charge is 0.508 e. The number of ether oxygens (including phenoxy) is 1. The van der Waals surface area contributed by atoms with Gasteiger partial charge in [-0.3, -0.25) is 19.6 Å². The van der Waals surface area contributed by atoms with Gasteiger partial charge < -0.3 is 9.84 Å². The number of phenolic OH excluding ortho intramolecular Hbond substituents is 1. The molecule has 0 aliphatic carbocycles. The summed E-state index contributed by atoms with van der Waals surface area (Å²) < 4.78 is 6.98. The third-order valence-corrected chi connectivity index (χ3v) is 4.71. The molecule has 0 bridgehead atoms. The topological polar surface area (TPSA) is 107 Å². The van der Waals surface area contributed by atoms with Gasteiger partial charge in [-0.2, -0.15) is 5.10 Å². The first kappa shape index (κ1) is 20.8. The molecule has 3 rings (SSSR count). The highest BCUT2D eigenvalue weighted by molar-refractivity contribution is 6.07. The van der Waals surface area contributed by atoms with Crippen molar-refractivity contribution in [3.05, 3.63) is 86.7 Å². The molecule has 0 saturated carbocycles. The smallest absolute Gasteiger partial charge is 0.312 e. The highest BCUT2D eigenvalue weighted by Crippen LogP contribution is 2.26. The number of nitro groups is 1. The summed E-state index contributed by atoms with van der Waals surface area (Å²) in [6.07, 6.45) is 3.09. The fourth-order valence-corrected chi connectivity index (χ4v) is 3.22. The van der Waals surface area contributed by atoms with E-state index in [1.807, 2.05) is 6.07 Å². The number of benzene rings is 2. The van der Waals surface area contributed by atoms with Gasteiger partial charge in [0.15, 0.2) is 5.78 Å². The molecule has 30 heavy (non-hydrogen) atoms. The van der Waals surface area contributed by atoms with Crippen molar-refractivity contribution in [3.8, 4) is 11.5 Å². The molecule has 0 saturated heterocycles. The lowest BCUT2D eigenvalue weighted by Crippen LogP contribution is -2.06. The number of aryl methyl sites for hydroxylation is 1. The Hall–Kier alpha value is -3.94. The molecule has 1 heterocycles. The van der Waals surface area contributed by atoms with Gasteiger partial charge in [-0.25, -0.2) is 0 Å². The van der Waals surface area contributed by atoms with E-state index >= 15 is 0 Å². The van der Waals surface area contributed by atoms with Crippen molar-refractivity contribution >= 4 is 17.5 Å². The van der Waals surface area contributed by atoms with Gasteiger partial charge in [0.05, 0.1) is 18.6 Å². The highest BCUT2D eigenvalue weighted by Gasteiger charge is 2.22. The Balaban J connectivity index is 1.88. The van der Waals surface area contributed by atoms with Gasteiger partial charge in [0.2, 0.25) is 0 Å². The first-order valence-corrected chi connectivity index (χ1v) is 9.17. The molecule has 8 nitrogen and oxygen atoms in total. The molecule has 0 atom stereocenters. The third-order valence-electron chi connectivity index (χ3n) is 4.71. The van der Waals surface area contributed by atoms with Crippen LogP contribution in [-0.4, -0.2) is 32.7 Å². The molecule has 0 amide bonds. The summed E-state index contributed by atoms with van der Waals surface area (Å²) >= 11 is 0. The zero-order valence-corrected chi connectivity index (χ0v) is 16.8. The third kappa shape index (κ3) is 4.38. The highest BCUT2D eigenvalue weighted by atomic mass is 16.6. The monoisotopic (exact) mass is 407 g/mol. The van der Waals surface area contributed by atoms with Crippen LogP contribution in [0.3, 0.4) is 0 Å². The van der Waals surface area contributed by atoms with Crippen molar-refractivity contribution in [1.29, 1.82) is 0 Å². The van der Waals surface area contributed by atoms with Crippen LogP contribution in [0.1, 0.15) is 32.9 Å². The molecular weight excluding hydrogens is 386 g/mol. The van der Waals surface area contributed by atoms with Gasteiger partial charge >= 0.3 is 5.69 Å². The Kier molecular flexibility index (Phi) is 5.96. The van der Waals surface area contributed by atoms with Gasteiger partial charge in [0.25, 0.3) is 0 Å². The number of rotatable bonds is 7. The molecule has 3 aromatic rings. The van der Waals surface area contributed by atoms with Crippen LogP contribution >= 0.6 is 0 Å². The molecule has 0 radical (unpaired) electrons. The maximum atomic E-state index is 12.3. The average molecular weight is 407 g/mol. The lowest BCUT2D eigenvalue weighted by molar-refractivity contribution is -0.386. The van der Waals surface area contributed by atoms with Crippen LogP contribution in [0.4, 0.5) is 5.69 Å². The molecule has 1 aromatic heterocycles. The molecular formula is C22H21N3O5. The standard InChI is InChI=1S/C22H21N3O5/c1-14-22(25(28)29)15(2)24(23-14)13-18-11-16(8-10-21(18)30-3)7-9-20(27)17-5-4-6-19(26)12-17/h4-12,26H,13H2,1-3H3/b9-7+. The van der Waals surface area contributed by atoms with Crippen molar-refractivity contribution in [1.82, 2.24) is 9.78 Å². The van der Waals surface area contributed by atoms with E-state index in [4.69, 9.17) is 4.74 Å². The van der Waals surface area contributed by atoms with E-state index in [0.29, 0.717) is 22.7 Å². The first-order valence-electron chi connectivity index (χ1n) is 9.17. The number of hydrogen-bond donors (Lipinski definition) is 1. The molecule has 0 aliphatic heterocycles. The number of hydrogen-bond acceptors (Lipinski definition) is 6. The maximum absolute atomic E-state index is 12.3. The predicted molar refractivity (Wildman–Crippen MR) is 112 cm³/mol. The lowest BCUT2D eigenvalue weighted by atomic mass is 10.1. The number of methoxy groups -OCH3 is 1. The minimum Gasteiger partial charge on any atom is -0.508 e. The van der Waals surface area contributed by atoms with Crippen LogP contribution < -0.4 is 4.74 Å². The van der Waals surface area contributed by atoms with Crippen LogP contribution in [0.15, 0.2) is 48.5 Å². The van der Waals surface area contributed by atoms with Gasteiger partial charge in [0, 0.05) is 11.1 Å². The second kappa shape index (κ2) is 8.60. The SMILES string of the molecule is COc1ccc(/C=C/C(=O)c2cccc(O)c2)cc1Cn1nc(C)c([N+](=O)[O-])c1C. The Morgan fingerprint density at radius 2 is 2.03 bits per heavy atom. The zero-order valence-electron chi connectivity index (χ0n) is 16.8. The summed E-state index contributed by atoms with van der Waals surface area (Å²) in [6, 6.07) is 11.6. The molecule has 1 N–H and O–H groups in total. The van der Waals surface area contributed by atoms with Gasteiger partial charge in [-0.1, -0.05) is 24.3 Å². The Morgan fingerprint density at radius 3 is 2.67 bits per heavy atom. The predicted octanol–water partition coefficient (Wildman–Crippen LogP) is 4.07. The van der Waals surface area contributed by atoms with Crippen molar-refractivity contribution in [2.24, 2.45) is 0 Å². The number of aromatic hydroxyl groups is 1. The van der Waals surface area contributed by atoms with E-state index in [9.17, 15) is 20.0 Å². The quantitative estimate of drug-likeness (QED) is 0.274. The normalized spacial score (nSPS) is 11.0. The first-order chi connectivity index (χ1) is 14.3. The number of aromatic nitrogens is 2. The molecule has 0 aliphatic rings. The van der Waals surface area contributed by atoms with Crippen molar-refractivity contribution in [2.75, 3.05) is 7.11 Å².